The largest absolute Gasteiger partial charge is 0.495 e. The third kappa shape index (κ3) is 2.84. The average Bonchev–Trinajstić information content (AvgIpc) is 2.89. The van der Waals surface area contributed by atoms with E-state index in [0.29, 0.717) is 5.25 Å². The maximum atomic E-state index is 12.0. The van der Waals surface area contributed by atoms with E-state index in [1.54, 1.807) is 18.9 Å². The van der Waals surface area contributed by atoms with Crippen LogP contribution in [0.2, 0.25) is 0 Å². The summed E-state index contributed by atoms with van der Waals surface area (Å²) in [5, 5.41) is 1.27. The van der Waals surface area contributed by atoms with Gasteiger partial charge >= 0.3 is 0 Å². The van der Waals surface area contributed by atoms with E-state index < -0.39 is 9.84 Å². The van der Waals surface area contributed by atoms with Crippen molar-refractivity contribution in [3.8, 4) is 5.75 Å². The number of benzene rings is 1. The van der Waals surface area contributed by atoms with Gasteiger partial charge in [-0.3, -0.25) is 4.99 Å². The van der Waals surface area contributed by atoms with Crippen molar-refractivity contribution in [1.29, 1.82) is 0 Å². The standard InChI is InChI=1S/C15H20N2O3S2/c1-10(2)21-15-16-11-8-22(18,19)9-13(11)17(15)12-6-4-5-7-14(12)20-3/h4-7,10-11,13H,8-9H2,1-3H3/t11-,13+/m1/s1. The fraction of sp³-hybridized carbons (Fsp3) is 0.533. The summed E-state index contributed by atoms with van der Waals surface area (Å²) in [7, 11) is -1.39. The molecule has 2 aliphatic rings. The van der Waals surface area contributed by atoms with Gasteiger partial charge in [-0.1, -0.05) is 37.7 Å². The van der Waals surface area contributed by atoms with E-state index in [-0.39, 0.29) is 23.6 Å². The number of thioether (sulfide) groups is 1. The van der Waals surface area contributed by atoms with Crippen LogP contribution >= 0.6 is 11.8 Å². The third-order valence-corrected chi connectivity index (χ3v) is 6.48. The first-order valence-corrected chi connectivity index (χ1v) is 9.98. The average molecular weight is 340 g/mol. The van der Waals surface area contributed by atoms with Crippen molar-refractivity contribution in [3.63, 3.8) is 0 Å². The predicted molar refractivity (Wildman–Crippen MR) is 91.9 cm³/mol. The molecular weight excluding hydrogens is 320 g/mol. The van der Waals surface area contributed by atoms with Gasteiger partial charge in [-0.25, -0.2) is 8.42 Å². The second-order valence-electron chi connectivity index (χ2n) is 5.83. The summed E-state index contributed by atoms with van der Waals surface area (Å²) in [6, 6.07) is 7.41. The van der Waals surface area contributed by atoms with Gasteiger partial charge in [0.05, 0.1) is 36.4 Å². The minimum Gasteiger partial charge on any atom is -0.495 e. The van der Waals surface area contributed by atoms with Crippen molar-refractivity contribution in [1.82, 2.24) is 0 Å². The SMILES string of the molecule is COc1ccccc1N1C(SC(C)C)=N[C@@H]2CS(=O)(=O)C[C@@H]21. The van der Waals surface area contributed by atoms with E-state index in [1.165, 1.54) is 0 Å². The molecule has 0 N–H and O–H groups in total. The van der Waals surface area contributed by atoms with Crippen molar-refractivity contribution in [2.24, 2.45) is 4.99 Å². The molecule has 22 heavy (non-hydrogen) atoms. The van der Waals surface area contributed by atoms with Gasteiger partial charge in [0.1, 0.15) is 5.75 Å². The molecule has 0 radical (unpaired) electrons. The van der Waals surface area contributed by atoms with Crippen LogP contribution in [0.3, 0.4) is 0 Å². The van der Waals surface area contributed by atoms with E-state index >= 15 is 0 Å². The lowest BCUT2D eigenvalue weighted by molar-refractivity contribution is 0.415. The van der Waals surface area contributed by atoms with Crippen LogP contribution in [0.25, 0.3) is 0 Å². The number of anilines is 1. The van der Waals surface area contributed by atoms with Crippen molar-refractivity contribution < 1.29 is 13.2 Å². The Labute approximate surface area is 135 Å². The van der Waals surface area contributed by atoms with Gasteiger partial charge in [0.25, 0.3) is 0 Å². The Morgan fingerprint density at radius 2 is 2.05 bits per heavy atom. The molecule has 5 nitrogen and oxygen atoms in total. The Hall–Kier alpha value is -1.21. The molecule has 0 unspecified atom stereocenters. The van der Waals surface area contributed by atoms with E-state index in [4.69, 9.17) is 4.74 Å². The van der Waals surface area contributed by atoms with Crippen LogP contribution in [0.15, 0.2) is 29.3 Å². The molecule has 120 valence electrons. The molecule has 1 aromatic carbocycles. The number of rotatable bonds is 3. The molecule has 0 bridgehead atoms. The summed E-state index contributed by atoms with van der Waals surface area (Å²) in [4.78, 5) is 6.74. The molecule has 0 aliphatic carbocycles. The van der Waals surface area contributed by atoms with Crippen LogP contribution in [-0.2, 0) is 9.84 Å². The number of aliphatic imine (C=N–C) groups is 1. The molecule has 0 saturated carbocycles. The van der Waals surface area contributed by atoms with E-state index in [9.17, 15) is 8.42 Å². The Kier molecular flexibility index (Phi) is 4.11. The summed E-state index contributed by atoms with van der Waals surface area (Å²) in [5.41, 5.74) is 0.890. The van der Waals surface area contributed by atoms with Crippen molar-refractivity contribution >= 4 is 32.5 Å². The van der Waals surface area contributed by atoms with Gasteiger partial charge in [-0.15, -0.1) is 0 Å². The highest BCUT2D eigenvalue weighted by Gasteiger charge is 2.47. The second-order valence-corrected chi connectivity index (χ2v) is 9.53. The molecule has 1 saturated heterocycles. The Morgan fingerprint density at radius 1 is 1.32 bits per heavy atom. The zero-order valence-corrected chi connectivity index (χ0v) is 14.5. The number of fused-ring (bicyclic) bond motifs is 1. The van der Waals surface area contributed by atoms with Crippen LogP contribution in [0.4, 0.5) is 5.69 Å². The normalized spacial score (nSPS) is 26.2. The van der Waals surface area contributed by atoms with Crippen LogP contribution in [-0.4, -0.2) is 49.5 Å². The van der Waals surface area contributed by atoms with Crippen molar-refractivity contribution in [2.75, 3.05) is 23.5 Å². The maximum Gasteiger partial charge on any atom is 0.164 e. The maximum absolute atomic E-state index is 12.0. The van der Waals surface area contributed by atoms with E-state index in [2.05, 4.69) is 23.7 Å². The van der Waals surface area contributed by atoms with E-state index in [1.807, 2.05) is 24.3 Å². The lowest BCUT2D eigenvalue weighted by atomic mass is 10.1. The van der Waals surface area contributed by atoms with Crippen LogP contribution in [0, 0.1) is 0 Å². The molecule has 3 rings (SSSR count). The van der Waals surface area contributed by atoms with Crippen LogP contribution in [0.5, 0.6) is 5.75 Å². The smallest absolute Gasteiger partial charge is 0.164 e. The summed E-state index contributed by atoms with van der Waals surface area (Å²) in [5.74, 6) is 1.04. The number of amidine groups is 1. The number of para-hydroxylation sites is 2. The van der Waals surface area contributed by atoms with Crippen molar-refractivity contribution in [2.45, 2.75) is 31.2 Å². The number of hydrogen-bond acceptors (Lipinski definition) is 6. The molecule has 1 fully saturated rings. The van der Waals surface area contributed by atoms with Crippen molar-refractivity contribution in [3.05, 3.63) is 24.3 Å². The number of sulfone groups is 1. The number of ether oxygens (including phenoxy) is 1. The topological polar surface area (TPSA) is 59.0 Å². The van der Waals surface area contributed by atoms with Gasteiger partial charge in [0.15, 0.2) is 15.0 Å². The molecule has 0 amide bonds. The Bertz CT molecular complexity index is 700. The molecule has 0 aromatic heterocycles. The molecule has 2 heterocycles. The highest BCUT2D eigenvalue weighted by Crippen LogP contribution is 2.39. The third-order valence-electron chi connectivity index (χ3n) is 3.79. The Balaban J connectivity index is 2.03. The second kappa shape index (κ2) is 5.77. The zero-order chi connectivity index (χ0) is 15.9. The fourth-order valence-corrected chi connectivity index (χ4v) is 5.74. The summed E-state index contributed by atoms with van der Waals surface area (Å²) < 4.78 is 29.4. The number of nitrogens with zero attached hydrogens (tertiary/aromatic N) is 2. The molecule has 1 aromatic rings. The number of hydrogen-bond donors (Lipinski definition) is 0. The van der Waals surface area contributed by atoms with Gasteiger partial charge < -0.3 is 9.64 Å². The summed E-state index contributed by atoms with van der Waals surface area (Å²) in [6.45, 7) is 4.22. The summed E-state index contributed by atoms with van der Waals surface area (Å²) in [6.07, 6.45) is 0. The molecule has 2 aliphatic heterocycles. The first-order valence-electron chi connectivity index (χ1n) is 7.28. The minimum atomic E-state index is -3.02. The van der Waals surface area contributed by atoms with Gasteiger partial charge in [-0.05, 0) is 12.1 Å². The lowest BCUT2D eigenvalue weighted by Crippen LogP contribution is -2.39. The predicted octanol–water partition coefficient (Wildman–Crippen LogP) is 2.18. The Morgan fingerprint density at radius 3 is 2.73 bits per heavy atom. The zero-order valence-electron chi connectivity index (χ0n) is 12.9. The highest BCUT2D eigenvalue weighted by atomic mass is 32.2. The van der Waals surface area contributed by atoms with Crippen LogP contribution in [0.1, 0.15) is 13.8 Å². The first-order chi connectivity index (χ1) is 10.4. The quantitative estimate of drug-likeness (QED) is 0.844. The van der Waals surface area contributed by atoms with Gasteiger partial charge in [0.2, 0.25) is 0 Å². The lowest BCUT2D eigenvalue weighted by Gasteiger charge is -2.28. The highest BCUT2D eigenvalue weighted by molar-refractivity contribution is 8.14. The van der Waals surface area contributed by atoms with Gasteiger partial charge in [-0.2, -0.15) is 0 Å². The molecule has 7 heteroatoms. The number of methoxy groups -OCH3 is 1. The van der Waals surface area contributed by atoms with Gasteiger partial charge in [0, 0.05) is 5.25 Å². The molecule has 2 atom stereocenters. The first kappa shape index (κ1) is 15.7. The summed E-state index contributed by atoms with van der Waals surface area (Å²) >= 11 is 1.67. The molecule has 0 spiro atoms. The fourth-order valence-electron chi connectivity index (χ4n) is 2.93. The minimum absolute atomic E-state index is 0.123. The molecular formula is C15H20N2O3S2. The van der Waals surface area contributed by atoms with E-state index in [0.717, 1.165) is 16.6 Å². The van der Waals surface area contributed by atoms with Crippen LogP contribution < -0.4 is 9.64 Å². The monoisotopic (exact) mass is 340 g/mol.